The predicted octanol–water partition coefficient (Wildman–Crippen LogP) is 0.900. The highest BCUT2D eigenvalue weighted by atomic mass is 16.2. The molecule has 7 nitrogen and oxygen atoms in total. The summed E-state index contributed by atoms with van der Waals surface area (Å²) in [7, 11) is 0. The number of hydrogen-bond donors (Lipinski definition) is 4. The maximum atomic E-state index is 12.9. The van der Waals surface area contributed by atoms with Gasteiger partial charge in [0.15, 0.2) is 5.78 Å². The molecule has 0 saturated heterocycles. The lowest BCUT2D eigenvalue weighted by Gasteiger charge is -2.24. The third kappa shape index (κ3) is 8.19. The summed E-state index contributed by atoms with van der Waals surface area (Å²) in [6, 6.07) is 7.30. The Morgan fingerprint density at radius 1 is 0.964 bits per heavy atom. The molecular formula is C21H34N4O3. The van der Waals surface area contributed by atoms with Gasteiger partial charge in [0.05, 0.1) is 12.1 Å². The molecule has 0 fully saturated rings. The molecule has 7 heteroatoms. The molecule has 0 aliphatic heterocycles. The van der Waals surface area contributed by atoms with Crippen molar-refractivity contribution < 1.29 is 14.4 Å². The topological polar surface area (TPSA) is 127 Å². The van der Waals surface area contributed by atoms with E-state index in [1.165, 1.54) is 6.92 Å². The quantitative estimate of drug-likeness (QED) is 0.394. The average Bonchev–Trinajstić information content (AvgIpc) is 2.66. The highest BCUT2D eigenvalue weighted by Crippen LogP contribution is 2.08. The van der Waals surface area contributed by atoms with Gasteiger partial charge in [-0.05, 0) is 44.2 Å². The van der Waals surface area contributed by atoms with Crippen molar-refractivity contribution in [2.24, 2.45) is 17.4 Å². The van der Waals surface area contributed by atoms with Crippen LogP contribution in [0.2, 0.25) is 0 Å². The van der Waals surface area contributed by atoms with Crippen LogP contribution in [0.5, 0.6) is 0 Å². The van der Waals surface area contributed by atoms with Crippen LogP contribution in [0, 0.1) is 5.92 Å². The Morgan fingerprint density at radius 3 is 2.11 bits per heavy atom. The highest BCUT2D eigenvalue weighted by Gasteiger charge is 2.27. The molecule has 0 aliphatic carbocycles. The minimum atomic E-state index is -0.809. The van der Waals surface area contributed by atoms with Gasteiger partial charge in [0, 0.05) is 6.42 Å². The number of nitrogens with one attached hydrogen (secondary N) is 2. The van der Waals surface area contributed by atoms with E-state index in [1.54, 1.807) is 0 Å². The van der Waals surface area contributed by atoms with Crippen LogP contribution in [0.4, 0.5) is 0 Å². The zero-order valence-corrected chi connectivity index (χ0v) is 17.1. The van der Waals surface area contributed by atoms with Crippen LogP contribution >= 0.6 is 0 Å². The fraction of sp³-hybridized carbons (Fsp3) is 0.571. The van der Waals surface area contributed by atoms with Crippen molar-refractivity contribution in [2.45, 2.75) is 64.6 Å². The summed E-state index contributed by atoms with van der Waals surface area (Å²) in [5, 5.41) is 5.54. The second-order valence-electron chi connectivity index (χ2n) is 7.48. The van der Waals surface area contributed by atoms with Crippen molar-refractivity contribution in [3.8, 4) is 0 Å². The van der Waals surface area contributed by atoms with E-state index >= 15 is 0 Å². The van der Waals surface area contributed by atoms with Crippen molar-refractivity contribution in [2.75, 3.05) is 6.54 Å². The number of rotatable bonds is 12. The Bertz CT molecular complexity index is 634. The minimum absolute atomic E-state index is 0.0540. The van der Waals surface area contributed by atoms with Gasteiger partial charge in [-0.2, -0.15) is 0 Å². The first kappa shape index (κ1) is 23.8. The van der Waals surface area contributed by atoms with Crippen LogP contribution in [0.15, 0.2) is 30.3 Å². The lowest BCUT2D eigenvalue weighted by Crippen LogP contribution is -2.55. The minimum Gasteiger partial charge on any atom is -0.345 e. The van der Waals surface area contributed by atoms with Gasteiger partial charge in [0.2, 0.25) is 11.8 Å². The van der Waals surface area contributed by atoms with E-state index in [4.69, 9.17) is 11.5 Å². The Kier molecular flexibility index (Phi) is 10.4. The van der Waals surface area contributed by atoms with Gasteiger partial charge in [-0.25, -0.2) is 0 Å². The van der Waals surface area contributed by atoms with Crippen molar-refractivity contribution >= 4 is 17.6 Å². The molecule has 0 heterocycles. The summed E-state index contributed by atoms with van der Waals surface area (Å²) in [6.07, 6.45) is 2.37. The standard InChI is InChI=1S/C21H34N4O3/c1-14(2)19(23)21(28)25-18(13-16-9-5-4-6-10-16)20(27)24-17(15(3)26)11-7-8-12-22/h4-6,9-10,14,17-19H,7-8,11-13,22-23H2,1-3H3,(H,24,27)(H,25,28)/t17-,18-,19+/m0/s1. The van der Waals surface area contributed by atoms with Gasteiger partial charge >= 0.3 is 0 Å². The Hall–Kier alpha value is -2.25. The number of ketones is 1. The molecule has 0 saturated carbocycles. The Balaban J connectivity index is 2.90. The van der Waals surface area contributed by atoms with E-state index in [1.807, 2.05) is 44.2 Å². The van der Waals surface area contributed by atoms with Gasteiger partial charge in [-0.15, -0.1) is 0 Å². The molecule has 3 atom stereocenters. The van der Waals surface area contributed by atoms with Crippen molar-refractivity contribution in [1.82, 2.24) is 10.6 Å². The number of hydrogen-bond acceptors (Lipinski definition) is 5. The molecule has 0 aromatic heterocycles. The molecule has 0 radical (unpaired) electrons. The van der Waals surface area contributed by atoms with E-state index < -0.39 is 18.1 Å². The second kappa shape index (κ2) is 12.3. The molecule has 28 heavy (non-hydrogen) atoms. The Labute approximate surface area is 167 Å². The van der Waals surface area contributed by atoms with E-state index in [0.717, 1.165) is 18.4 Å². The van der Waals surface area contributed by atoms with Gasteiger partial charge in [0.1, 0.15) is 6.04 Å². The van der Waals surface area contributed by atoms with E-state index in [9.17, 15) is 14.4 Å². The van der Waals surface area contributed by atoms with Gasteiger partial charge in [-0.1, -0.05) is 44.2 Å². The molecule has 1 aromatic carbocycles. The van der Waals surface area contributed by atoms with Gasteiger partial charge < -0.3 is 22.1 Å². The third-order valence-electron chi connectivity index (χ3n) is 4.69. The van der Waals surface area contributed by atoms with Crippen LogP contribution in [0.1, 0.15) is 45.6 Å². The SMILES string of the molecule is CC(=O)[C@H](CCCCN)NC(=O)[C@H](Cc1ccccc1)NC(=O)[C@H](N)C(C)C. The first-order valence-corrected chi connectivity index (χ1v) is 9.87. The average molecular weight is 391 g/mol. The zero-order valence-electron chi connectivity index (χ0n) is 17.1. The number of carbonyl (C=O) groups is 3. The van der Waals surface area contributed by atoms with Crippen molar-refractivity contribution in [3.05, 3.63) is 35.9 Å². The first-order valence-electron chi connectivity index (χ1n) is 9.87. The summed E-state index contributed by atoms with van der Waals surface area (Å²) in [4.78, 5) is 37.2. The number of amides is 2. The van der Waals surface area contributed by atoms with Crippen molar-refractivity contribution in [3.63, 3.8) is 0 Å². The van der Waals surface area contributed by atoms with Crippen LogP contribution in [0.25, 0.3) is 0 Å². The van der Waals surface area contributed by atoms with Crippen LogP contribution in [-0.2, 0) is 20.8 Å². The Morgan fingerprint density at radius 2 is 1.57 bits per heavy atom. The predicted molar refractivity (Wildman–Crippen MR) is 110 cm³/mol. The molecule has 0 unspecified atom stereocenters. The normalized spacial score (nSPS) is 14.2. The smallest absolute Gasteiger partial charge is 0.243 e. The molecule has 0 bridgehead atoms. The number of carbonyl (C=O) groups excluding carboxylic acids is 3. The molecule has 0 spiro atoms. The number of nitrogens with two attached hydrogens (primary N) is 2. The molecular weight excluding hydrogens is 356 g/mol. The summed E-state index contributed by atoms with van der Waals surface area (Å²) >= 11 is 0. The maximum Gasteiger partial charge on any atom is 0.243 e. The van der Waals surface area contributed by atoms with E-state index in [2.05, 4.69) is 10.6 Å². The van der Waals surface area contributed by atoms with Crippen LogP contribution in [0.3, 0.4) is 0 Å². The third-order valence-corrected chi connectivity index (χ3v) is 4.69. The molecule has 1 rings (SSSR count). The fourth-order valence-electron chi connectivity index (χ4n) is 2.77. The molecule has 1 aromatic rings. The number of unbranched alkanes of at least 4 members (excludes halogenated alkanes) is 1. The van der Waals surface area contributed by atoms with Gasteiger partial charge in [-0.3, -0.25) is 14.4 Å². The first-order chi connectivity index (χ1) is 13.3. The number of benzene rings is 1. The van der Waals surface area contributed by atoms with E-state index in [-0.39, 0.29) is 23.5 Å². The molecule has 0 aliphatic rings. The highest BCUT2D eigenvalue weighted by molar-refractivity contribution is 5.93. The lowest BCUT2D eigenvalue weighted by atomic mass is 10.0. The van der Waals surface area contributed by atoms with E-state index in [0.29, 0.717) is 19.4 Å². The van der Waals surface area contributed by atoms with Gasteiger partial charge in [0.25, 0.3) is 0 Å². The monoisotopic (exact) mass is 390 g/mol. The zero-order chi connectivity index (χ0) is 21.1. The maximum absolute atomic E-state index is 12.9. The lowest BCUT2D eigenvalue weighted by molar-refractivity contribution is -0.132. The largest absolute Gasteiger partial charge is 0.345 e. The summed E-state index contributed by atoms with van der Waals surface area (Å²) in [5.74, 6) is -0.939. The summed E-state index contributed by atoms with van der Waals surface area (Å²) < 4.78 is 0. The molecule has 6 N–H and O–H groups in total. The van der Waals surface area contributed by atoms with Crippen molar-refractivity contribution in [1.29, 1.82) is 0 Å². The second-order valence-corrected chi connectivity index (χ2v) is 7.48. The van der Waals surface area contributed by atoms with Crippen LogP contribution < -0.4 is 22.1 Å². The summed E-state index contributed by atoms with van der Waals surface area (Å²) in [6.45, 7) is 5.69. The fourth-order valence-corrected chi connectivity index (χ4v) is 2.77. The molecule has 2 amide bonds. The number of Topliss-reactive ketones (excluding diaryl/α,β-unsaturated/α-hetero) is 1. The molecule has 156 valence electrons. The van der Waals surface area contributed by atoms with Crippen LogP contribution in [-0.4, -0.2) is 42.3 Å². The summed E-state index contributed by atoms with van der Waals surface area (Å²) in [5.41, 5.74) is 12.3.